The highest BCUT2D eigenvalue weighted by Crippen LogP contribution is 2.10. The number of carbonyl (C=O) groups excluding carboxylic acids is 1. The van der Waals surface area contributed by atoms with Crippen molar-refractivity contribution in [2.24, 2.45) is 0 Å². The molecule has 0 unspecified atom stereocenters. The summed E-state index contributed by atoms with van der Waals surface area (Å²) in [6.07, 6.45) is 22.2. The molecule has 0 spiro atoms. The third kappa shape index (κ3) is 15.2. The van der Waals surface area contributed by atoms with Crippen LogP contribution in [0.5, 0.6) is 0 Å². The molecule has 0 aromatic heterocycles. The number of rotatable bonds is 17. The van der Waals surface area contributed by atoms with E-state index in [9.17, 15) is 4.79 Å². The van der Waals surface area contributed by atoms with Crippen LogP contribution in [-0.4, -0.2) is 5.91 Å². The molecule has 0 aliphatic carbocycles. The normalized spacial score (nSPS) is 11.1. The van der Waals surface area contributed by atoms with Crippen molar-refractivity contribution < 1.29 is 4.79 Å². The summed E-state index contributed by atoms with van der Waals surface area (Å²) in [6, 6.07) is 10.1. The van der Waals surface area contributed by atoms with E-state index in [1.54, 1.807) is 0 Å². The summed E-state index contributed by atoms with van der Waals surface area (Å²) in [5, 5.41) is 3.00. The number of allylic oxidation sites excluding steroid dienone is 2. The van der Waals surface area contributed by atoms with Gasteiger partial charge in [-0.15, -0.1) is 0 Å². The van der Waals surface area contributed by atoms with Gasteiger partial charge in [0.1, 0.15) is 0 Å². The van der Waals surface area contributed by atoms with Gasteiger partial charge in [0.25, 0.3) is 0 Å². The van der Waals surface area contributed by atoms with Gasteiger partial charge in [0.15, 0.2) is 0 Å². The monoisotopic (exact) mass is 371 g/mol. The van der Waals surface area contributed by atoms with Gasteiger partial charge in [-0.05, 0) is 37.7 Å². The maximum atomic E-state index is 11.8. The molecule has 1 aromatic rings. The second-order valence-electron chi connectivity index (χ2n) is 7.60. The molecule has 1 aromatic carbocycles. The lowest BCUT2D eigenvalue weighted by atomic mass is 10.1. The van der Waals surface area contributed by atoms with Crippen molar-refractivity contribution in [3.05, 3.63) is 48.0 Å². The molecule has 0 saturated carbocycles. The molecule has 2 nitrogen and oxygen atoms in total. The highest BCUT2D eigenvalue weighted by Gasteiger charge is 2.01. The summed E-state index contributed by atoms with van der Waals surface area (Å²) in [6.45, 7) is 2.91. The van der Waals surface area contributed by atoms with Gasteiger partial charge in [0, 0.05) is 13.0 Å². The molecule has 1 N–H and O–H groups in total. The number of benzene rings is 1. The van der Waals surface area contributed by atoms with Crippen LogP contribution in [0.2, 0.25) is 0 Å². The van der Waals surface area contributed by atoms with Crippen molar-refractivity contribution in [3.63, 3.8) is 0 Å². The van der Waals surface area contributed by atoms with Crippen LogP contribution in [0.3, 0.4) is 0 Å². The molecule has 1 rings (SSSR count). The van der Waals surface area contributed by atoms with Gasteiger partial charge < -0.3 is 5.32 Å². The first-order valence-corrected chi connectivity index (χ1v) is 11.3. The van der Waals surface area contributed by atoms with Gasteiger partial charge in [0.2, 0.25) is 5.91 Å². The first kappa shape index (κ1) is 23.5. The predicted octanol–water partition coefficient (Wildman–Crippen LogP) is 7.34. The number of amides is 1. The van der Waals surface area contributed by atoms with E-state index in [0.29, 0.717) is 13.0 Å². The van der Waals surface area contributed by atoms with E-state index in [0.717, 1.165) is 12.0 Å². The van der Waals surface area contributed by atoms with Crippen molar-refractivity contribution >= 4 is 5.91 Å². The minimum absolute atomic E-state index is 0.177. The van der Waals surface area contributed by atoms with Crippen LogP contribution < -0.4 is 5.32 Å². The van der Waals surface area contributed by atoms with Crippen molar-refractivity contribution in [1.29, 1.82) is 0 Å². The summed E-state index contributed by atoms with van der Waals surface area (Å²) >= 11 is 0. The Hall–Kier alpha value is -1.57. The lowest BCUT2D eigenvalue weighted by Gasteiger charge is -2.05. The van der Waals surface area contributed by atoms with E-state index in [2.05, 4.69) is 24.4 Å². The zero-order valence-corrected chi connectivity index (χ0v) is 17.6. The molecule has 1 amide bonds. The highest BCUT2D eigenvalue weighted by molar-refractivity contribution is 5.75. The fraction of sp³-hybridized carbons (Fsp3) is 0.640. The SMILES string of the molecule is CCCCCCCCC=CCCCCCCCC(=O)NCc1ccccc1. The average molecular weight is 372 g/mol. The molecule has 2 heteroatoms. The van der Waals surface area contributed by atoms with Crippen LogP contribution in [-0.2, 0) is 11.3 Å². The topological polar surface area (TPSA) is 29.1 Å². The second kappa shape index (κ2) is 17.8. The fourth-order valence-corrected chi connectivity index (χ4v) is 3.24. The Balaban J connectivity index is 1.82. The number of hydrogen-bond donors (Lipinski definition) is 1. The minimum atomic E-state index is 0.177. The molecule has 0 aliphatic rings. The number of nitrogens with one attached hydrogen (secondary N) is 1. The minimum Gasteiger partial charge on any atom is -0.352 e. The molecule has 0 aliphatic heterocycles. The van der Waals surface area contributed by atoms with Gasteiger partial charge in [-0.25, -0.2) is 0 Å². The van der Waals surface area contributed by atoms with Gasteiger partial charge in [-0.1, -0.05) is 101 Å². The van der Waals surface area contributed by atoms with E-state index >= 15 is 0 Å². The van der Waals surface area contributed by atoms with E-state index in [-0.39, 0.29) is 5.91 Å². The first-order chi connectivity index (χ1) is 13.3. The summed E-state index contributed by atoms with van der Waals surface area (Å²) in [7, 11) is 0. The number of hydrogen-bond acceptors (Lipinski definition) is 1. The van der Waals surface area contributed by atoms with Gasteiger partial charge in [-0.2, -0.15) is 0 Å². The van der Waals surface area contributed by atoms with E-state index in [1.807, 2.05) is 30.3 Å². The van der Waals surface area contributed by atoms with Crippen LogP contribution in [0, 0.1) is 0 Å². The second-order valence-corrected chi connectivity index (χ2v) is 7.60. The molecular formula is C25H41NO. The molecule has 0 bridgehead atoms. The molecule has 27 heavy (non-hydrogen) atoms. The Morgan fingerprint density at radius 3 is 1.96 bits per heavy atom. The Kier molecular flexibility index (Phi) is 15.5. The summed E-state index contributed by atoms with van der Waals surface area (Å²) in [4.78, 5) is 11.8. The molecule has 0 heterocycles. The van der Waals surface area contributed by atoms with Gasteiger partial charge in [0.05, 0.1) is 0 Å². The lowest BCUT2D eigenvalue weighted by molar-refractivity contribution is -0.121. The van der Waals surface area contributed by atoms with Crippen molar-refractivity contribution in [1.82, 2.24) is 5.32 Å². The third-order valence-corrected chi connectivity index (χ3v) is 5.00. The standard InChI is InChI=1S/C25H41NO/c1-2-3-4-5-6-7-8-9-10-11-12-13-14-15-19-22-25(27)26-23-24-20-17-16-18-21-24/h9-10,16-18,20-21H,2-8,11-15,19,22-23H2,1H3,(H,26,27). The Morgan fingerprint density at radius 1 is 0.778 bits per heavy atom. The van der Waals surface area contributed by atoms with E-state index in [1.165, 1.54) is 77.0 Å². The summed E-state index contributed by atoms with van der Waals surface area (Å²) < 4.78 is 0. The number of unbranched alkanes of at least 4 members (excludes halogenated alkanes) is 11. The van der Waals surface area contributed by atoms with E-state index in [4.69, 9.17) is 0 Å². The third-order valence-electron chi connectivity index (χ3n) is 5.00. The molecular weight excluding hydrogens is 330 g/mol. The molecule has 152 valence electrons. The fourth-order valence-electron chi connectivity index (χ4n) is 3.24. The molecule has 0 saturated heterocycles. The summed E-state index contributed by atoms with van der Waals surface area (Å²) in [5.41, 5.74) is 1.16. The quantitative estimate of drug-likeness (QED) is 0.225. The average Bonchev–Trinajstić information content (AvgIpc) is 2.70. The van der Waals surface area contributed by atoms with Crippen LogP contribution >= 0.6 is 0 Å². The van der Waals surface area contributed by atoms with Crippen molar-refractivity contribution in [2.45, 2.75) is 103 Å². The maximum Gasteiger partial charge on any atom is 0.220 e. The lowest BCUT2D eigenvalue weighted by Crippen LogP contribution is -2.22. The van der Waals surface area contributed by atoms with E-state index < -0.39 is 0 Å². The van der Waals surface area contributed by atoms with Gasteiger partial charge >= 0.3 is 0 Å². The van der Waals surface area contributed by atoms with Crippen LogP contribution in [0.1, 0.15) is 102 Å². The summed E-state index contributed by atoms with van der Waals surface area (Å²) in [5.74, 6) is 0.177. The van der Waals surface area contributed by atoms with Crippen LogP contribution in [0.4, 0.5) is 0 Å². The molecule has 0 atom stereocenters. The molecule has 0 fully saturated rings. The molecule has 0 radical (unpaired) electrons. The first-order valence-electron chi connectivity index (χ1n) is 11.3. The van der Waals surface area contributed by atoms with Crippen molar-refractivity contribution in [2.75, 3.05) is 0 Å². The van der Waals surface area contributed by atoms with Crippen LogP contribution in [0.25, 0.3) is 0 Å². The smallest absolute Gasteiger partial charge is 0.220 e. The largest absolute Gasteiger partial charge is 0.352 e. The van der Waals surface area contributed by atoms with Crippen molar-refractivity contribution in [3.8, 4) is 0 Å². The number of carbonyl (C=O) groups is 1. The van der Waals surface area contributed by atoms with Crippen LogP contribution in [0.15, 0.2) is 42.5 Å². The Morgan fingerprint density at radius 2 is 1.33 bits per heavy atom. The predicted molar refractivity (Wildman–Crippen MR) is 118 cm³/mol. The highest BCUT2D eigenvalue weighted by atomic mass is 16.1. The maximum absolute atomic E-state index is 11.8. The Bertz CT molecular complexity index is 480. The van der Waals surface area contributed by atoms with Gasteiger partial charge in [-0.3, -0.25) is 4.79 Å². The zero-order valence-electron chi connectivity index (χ0n) is 17.6. The zero-order chi connectivity index (χ0) is 19.4. The Labute approximate surface area is 167 Å².